The van der Waals surface area contributed by atoms with Crippen molar-refractivity contribution in [3.63, 3.8) is 0 Å². The number of nitrogens with two attached hydrogens (primary N) is 1. The zero-order valence-corrected chi connectivity index (χ0v) is 11.3. The average Bonchev–Trinajstić information content (AvgIpc) is 2.31. The Morgan fingerprint density at radius 1 is 1.35 bits per heavy atom. The summed E-state index contributed by atoms with van der Waals surface area (Å²) in [6.07, 6.45) is 1.52. The minimum Gasteiger partial charge on any atom is -0.383 e. The third-order valence-corrected chi connectivity index (χ3v) is 3.08. The summed E-state index contributed by atoms with van der Waals surface area (Å²) in [4.78, 5) is 4.02. The van der Waals surface area contributed by atoms with Gasteiger partial charge in [0.25, 0.3) is 0 Å². The lowest BCUT2D eigenvalue weighted by molar-refractivity contribution is 1.32. The maximum absolute atomic E-state index is 5.91. The van der Waals surface area contributed by atoms with Gasteiger partial charge in [0.1, 0.15) is 5.82 Å². The third kappa shape index (κ3) is 2.68. The number of pyridine rings is 1. The molecule has 0 unspecified atom stereocenters. The highest BCUT2D eigenvalue weighted by Gasteiger charge is 2.08. The topological polar surface area (TPSA) is 38.9 Å². The smallest absolute Gasteiger partial charge is 0.131 e. The standard InChI is InChI=1S/C13H10BrClN2/c1-8(9-3-2-4-10(14)5-9)12-6-11(15)7-17-13(12)16/h2-7H,1H2,(H2,16,17). The summed E-state index contributed by atoms with van der Waals surface area (Å²) in [7, 11) is 0. The van der Waals surface area contributed by atoms with Crippen LogP contribution in [0.4, 0.5) is 5.82 Å². The molecular weight excluding hydrogens is 300 g/mol. The Hall–Kier alpha value is -1.32. The fraction of sp³-hybridized carbons (Fsp3) is 0. The Balaban J connectivity index is 2.47. The highest BCUT2D eigenvalue weighted by atomic mass is 79.9. The van der Waals surface area contributed by atoms with Crippen LogP contribution in [-0.4, -0.2) is 4.98 Å². The maximum Gasteiger partial charge on any atom is 0.131 e. The van der Waals surface area contributed by atoms with E-state index in [-0.39, 0.29) is 0 Å². The second kappa shape index (κ2) is 4.90. The second-order valence-corrected chi connectivity index (χ2v) is 4.93. The number of hydrogen-bond donors (Lipinski definition) is 1. The predicted octanol–water partition coefficient (Wildman–Crippen LogP) is 4.14. The number of rotatable bonds is 2. The monoisotopic (exact) mass is 308 g/mol. The number of hydrogen-bond acceptors (Lipinski definition) is 2. The molecule has 1 aromatic carbocycles. The number of aromatic nitrogens is 1. The van der Waals surface area contributed by atoms with E-state index in [1.54, 1.807) is 6.07 Å². The molecular formula is C13H10BrClN2. The largest absolute Gasteiger partial charge is 0.383 e. The second-order valence-electron chi connectivity index (χ2n) is 3.58. The van der Waals surface area contributed by atoms with Crippen molar-refractivity contribution in [3.05, 3.63) is 63.7 Å². The summed E-state index contributed by atoms with van der Waals surface area (Å²) < 4.78 is 0.990. The lowest BCUT2D eigenvalue weighted by Gasteiger charge is -2.09. The van der Waals surface area contributed by atoms with Crippen LogP contribution in [0.1, 0.15) is 11.1 Å². The van der Waals surface area contributed by atoms with Crippen molar-refractivity contribution in [2.24, 2.45) is 0 Å². The van der Waals surface area contributed by atoms with Gasteiger partial charge in [0.05, 0.1) is 5.02 Å². The van der Waals surface area contributed by atoms with Gasteiger partial charge >= 0.3 is 0 Å². The summed E-state index contributed by atoms with van der Waals surface area (Å²) in [6, 6.07) is 9.61. The van der Waals surface area contributed by atoms with Gasteiger partial charge in [-0.3, -0.25) is 0 Å². The number of benzene rings is 1. The molecule has 0 bridgehead atoms. The van der Waals surface area contributed by atoms with Crippen molar-refractivity contribution in [2.45, 2.75) is 0 Å². The molecule has 2 aromatic rings. The van der Waals surface area contributed by atoms with Crippen molar-refractivity contribution < 1.29 is 0 Å². The van der Waals surface area contributed by atoms with Crippen molar-refractivity contribution >= 4 is 38.9 Å². The average molecular weight is 310 g/mol. The maximum atomic E-state index is 5.91. The Morgan fingerprint density at radius 2 is 2.12 bits per heavy atom. The number of nitrogen functional groups attached to an aromatic ring is 1. The zero-order valence-electron chi connectivity index (χ0n) is 8.95. The van der Waals surface area contributed by atoms with Gasteiger partial charge in [-0.1, -0.05) is 46.2 Å². The van der Waals surface area contributed by atoms with Gasteiger partial charge in [-0.15, -0.1) is 0 Å². The summed E-state index contributed by atoms with van der Waals surface area (Å²) >= 11 is 9.33. The zero-order chi connectivity index (χ0) is 12.4. The minimum atomic E-state index is 0.430. The first-order valence-electron chi connectivity index (χ1n) is 4.94. The van der Waals surface area contributed by atoms with Crippen LogP contribution in [-0.2, 0) is 0 Å². The fourth-order valence-corrected chi connectivity index (χ4v) is 2.08. The molecule has 1 heterocycles. The number of halogens is 2. The molecule has 0 radical (unpaired) electrons. The van der Waals surface area contributed by atoms with E-state index in [0.29, 0.717) is 10.8 Å². The van der Waals surface area contributed by atoms with Crippen LogP contribution in [0.3, 0.4) is 0 Å². The lowest BCUT2D eigenvalue weighted by Crippen LogP contribution is -1.97. The molecule has 1 aromatic heterocycles. The predicted molar refractivity (Wildman–Crippen MR) is 75.9 cm³/mol. The molecule has 0 aliphatic heterocycles. The molecule has 0 amide bonds. The molecule has 86 valence electrons. The van der Waals surface area contributed by atoms with Crippen LogP contribution >= 0.6 is 27.5 Å². The van der Waals surface area contributed by atoms with E-state index in [1.165, 1.54) is 6.20 Å². The first-order chi connectivity index (χ1) is 8.08. The first kappa shape index (κ1) is 12.1. The van der Waals surface area contributed by atoms with Crippen LogP contribution in [0.15, 0.2) is 47.6 Å². The molecule has 0 atom stereocenters. The van der Waals surface area contributed by atoms with Crippen LogP contribution in [0.2, 0.25) is 5.02 Å². The van der Waals surface area contributed by atoms with E-state index in [4.69, 9.17) is 17.3 Å². The summed E-state index contributed by atoms with van der Waals surface area (Å²) in [6.45, 7) is 4.04. The normalized spacial score (nSPS) is 10.2. The van der Waals surface area contributed by atoms with Gasteiger partial charge in [-0.05, 0) is 29.3 Å². The van der Waals surface area contributed by atoms with E-state index in [2.05, 4.69) is 27.5 Å². The van der Waals surface area contributed by atoms with Crippen molar-refractivity contribution in [1.29, 1.82) is 0 Å². The highest BCUT2D eigenvalue weighted by Crippen LogP contribution is 2.28. The Morgan fingerprint density at radius 3 is 2.82 bits per heavy atom. The van der Waals surface area contributed by atoms with Crippen LogP contribution in [0.5, 0.6) is 0 Å². The quantitative estimate of drug-likeness (QED) is 0.905. The molecule has 0 aliphatic carbocycles. The molecule has 0 saturated carbocycles. The van der Waals surface area contributed by atoms with E-state index < -0.39 is 0 Å². The molecule has 2 N–H and O–H groups in total. The van der Waals surface area contributed by atoms with Crippen LogP contribution < -0.4 is 5.73 Å². The van der Waals surface area contributed by atoms with Crippen molar-refractivity contribution in [2.75, 3.05) is 5.73 Å². The Labute approximate surface area is 113 Å². The molecule has 0 saturated heterocycles. The van der Waals surface area contributed by atoms with Crippen LogP contribution in [0, 0.1) is 0 Å². The van der Waals surface area contributed by atoms with Gasteiger partial charge in [-0.25, -0.2) is 4.98 Å². The molecule has 0 spiro atoms. The molecule has 2 nitrogen and oxygen atoms in total. The van der Waals surface area contributed by atoms with Gasteiger partial charge in [-0.2, -0.15) is 0 Å². The highest BCUT2D eigenvalue weighted by molar-refractivity contribution is 9.10. The van der Waals surface area contributed by atoms with Crippen molar-refractivity contribution in [1.82, 2.24) is 4.98 Å². The lowest BCUT2D eigenvalue weighted by atomic mass is 10.0. The molecule has 2 rings (SSSR count). The number of anilines is 1. The third-order valence-electron chi connectivity index (χ3n) is 2.38. The van der Waals surface area contributed by atoms with E-state index in [1.807, 2.05) is 24.3 Å². The Kier molecular flexibility index (Phi) is 3.50. The fourth-order valence-electron chi connectivity index (χ4n) is 1.52. The molecule has 0 fully saturated rings. The minimum absolute atomic E-state index is 0.430. The summed E-state index contributed by atoms with van der Waals surface area (Å²) in [5.41, 5.74) is 8.37. The van der Waals surface area contributed by atoms with Gasteiger partial charge in [0.15, 0.2) is 0 Å². The van der Waals surface area contributed by atoms with Gasteiger partial charge in [0, 0.05) is 16.2 Å². The van der Waals surface area contributed by atoms with E-state index >= 15 is 0 Å². The molecule has 0 aliphatic rings. The van der Waals surface area contributed by atoms with E-state index in [9.17, 15) is 0 Å². The van der Waals surface area contributed by atoms with Crippen molar-refractivity contribution in [3.8, 4) is 0 Å². The molecule has 4 heteroatoms. The summed E-state index contributed by atoms with van der Waals surface area (Å²) in [5, 5.41) is 0.547. The Bertz CT molecular complexity index is 581. The van der Waals surface area contributed by atoms with Gasteiger partial charge in [0.2, 0.25) is 0 Å². The summed E-state index contributed by atoms with van der Waals surface area (Å²) in [5.74, 6) is 0.430. The van der Waals surface area contributed by atoms with E-state index in [0.717, 1.165) is 21.2 Å². The number of nitrogens with zero attached hydrogens (tertiary/aromatic N) is 1. The first-order valence-corrected chi connectivity index (χ1v) is 6.11. The van der Waals surface area contributed by atoms with Gasteiger partial charge < -0.3 is 5.73 Å². The molecule has 17 heavy (non-hydrogen) atoms. The van der Waals surface area contributed by atoms with Crippen LogP contribution in [0.25, 0.3) is 5.57 Å². The SMILES string of the molecule is C=C(c1cccc(Br)c1)c1cc(Cl)cnc1N.